The van der Waals surface area contributed by atoms with Gasteiger partial charge in [-0.1, -0.05) is 44.2 Å². The van der Waals surface area contributed by atoms with Crippen molar-refractivity contribution in [2.24, 2.45) is 5.92 Å². The van der Waals surface area contributed by atoms with Crippen molar-refractivity contribution in [1.29, 1.82) is 0 Å². The molecule has 2 saturated heterocycles. The van der Waals surface area contributed by atoms with Crippen LogP contribution in [0.5, 0.6) is 5.88 Å². The van der Waals surface area contributed by atoms with E-state index in [4.69, 9.17) is 4.74 Å². The fraction of sp³-hybridized carbons (Fsp3) is 0.600. The van der Waals surface area contributed by atoms with Crippen molar-refractivity contribution < 1.29 is 9.84 Å². The van der Waals surface area contributed by atoms with Gasteiger partial charge in [0.2, 0.25) is 0 Å². The summed E-state index contributed by atoms with van der Waals surface area (Å²) in [5, 5.41) is 10.1. The van der Waals surface area contributed by atoms with Crippen molar-refractivity contribution in [2.45, 2.75) is 50.7 Å². The summed E-state index contributed by atoms with van der Waals surface area (Å²) in [5.74, 6) is 1.11. The summed E-state index contributed by atoms with van der Waals surface area (Å²) in [5.41, 5.74) is 2.34. The zero-order valence-electron chi connectivity index (χ0n) is 15.5. The first kappa shape index (κ1) is 17.9. The molecule has 1 aromatic carbocycles. The standard InChI is InChI=1S/C20H27N3O2S/c1-20(2,15-6-4-3-5-7-15)10-11-25-19-18(21-26-22-19)16-9-8-14-12-23(16)13-17(14)24/h3-7,14,16-17,24H,8-13H2,1-2H3. The molecule has 6 heteroatoms. The minimum atomic E-state index is -0.192. The van der Waals surface area contributed by atoms with Crippen molar-refractivity contribution in [3.8, 4) is 5.88 Å². The van der Waals surface area contributed by atoms with Crippen molar-refractivity contribution in [3.63, 3.8) is 0 Å². The molecule has 1 aromatic heterocycles. The van der Waals surface area contributed by atoms with Crippen LogP contribution in [-0.4, -0.2) is 44.6 Å². The van der Waals surface area contributed by atoms with E-state index in [0.717, 1.165) is 38.0 Å². The van der Waals surface area contributed by atoms with E-state index in [2.05, 4.69) is 51.8 Å². The lowest BCUT2D eigenvalue weighted by Crippen LogP contribution is -2.31. The number of benzene rings is 1. The molecule has 1 N–H and O–H groups in total. The molecule has 0 radical (unpaired) electrons. The van der Waals surface area contributed by atoms with E-state index in [-0.39, 0.29) is 17.6 Å². The van der Waals surface area contributed by atoms with E-state index in [1.54, 1.807) is 0 Å². The first-order valence-electron chi connectivity index (χ1n) is 9.47. The minimum Gasteiger partial charge on any atom is -0.476 e. The normalized spacial score (nSPS) is 28.3. The Hall–Kier alpha value is -1.50. The summed E-state index contributed by atoms with van der Waals surface area (Å²) < 4.78 is 15.0. The third-order valence-electron chi connectivity index (χ3n) is 6.01. The van der Waals surface area contributed by atoms with E-state index < -0.39 is 0 Å². The van der Waals surface area contributed by atoms with Crippen LogP contribution >= 0.6 is 11.7 Å². The minimum absolute atomic E-state index is 0.0575. The maximum Gasteiger partial charge on any atom is 0.250 e. The maximum atomic E-state index is 10.1. The average molecular weight is 374 g/mol. The van der Waals surface area contributed by atoms with Gasteiger partial charge in [-0.3, -0.25) is 4.90 Å². The topological polar surface area (TPSA) is 58.5 Å². The smallest absolute Gasteiger partial charge is 0.250 e. The van der Waals surface area contributed by atoms with Gasteiger partial charge in [0, 0.05) is 13.1 Å². The van der Waals surface area contributed by atoms with E-state index >= 15 is 0 Å². The quantitative estimate of drug-likeness (QED) is 0.841. The number of piperidine rings is 1. The van der Waals surface area contributed by atoms with Gasteiger partial charge in [-0.05, 0) is 36.2 Å². The van der Waals surface area contributed by atoms with Crippen molar-refractivity contribution >= 4 is 11.7 Å². The van der Waals surface area contributed by atoms with Crippen molar-refractivity contribution in [3.05, 3.63) is 41.6 Å². The number of ether oxygens (including phenoxy) is 1. The molecule has 4 atom stereocenters. The number of hydrogen-bond acceptors (Lipinski definition) is 6. The van der Waals surface area contributed by atoms with Gasteiger partial charge < -0.3 is 9.84 Å². The second-order valence-corrected chi connectivity index (χ2v) is 8.71. The Morgan fingerprint density at radius 2 is 2.00 bits per heavy atom. The summed E-state index contributed by atoms with van der Waals surface area (Å²) in [4.78, 5) is 2.34. The third kappa shape index (κ3) is 3.50. The largest absolute Gasteiger partial charge is 0.476 e. The Kier molecular flexibility index (Phi) is 4.99. The van der Waals surface area contributed by atoms with E-state index in [9.17, 15) is 5.11 Å². The lowest BCUT2D eigenvalue weighted by Gasteiger charge is -2.30. The summed E-state index contributed by atoms with van der Waals surface area (Å²) >= 11 is 1.23. The number of nitrogens with zero attached hydrogens (tertiary/aromatic N) is 3. The highest BCUT2D eigenvalue weighted by atomic mass is 32.1. The first-order valence-corrected chi connectivity index (χ1v) is 10.2. The molecule has 0 saturated carbocycles. The fourth-order valence-corrected chi connectivity index (χ4v) is 4.77. The van der Waals surface area contributed by atoms with Crippen molar-refractivity contribution in [2.75, 3.05) is 19.7 Å². The molecule has 0 amide bonds. The van der Waals surface area contributed by atoms with Gasteiger partial charge in [0.25, 0.3) is 5.88 Å². The predicted molar refractivity (Wildman–Crippen MR) is 103 cm³/mol. The molecule has 0 aliphatic carbocycles. The van der Waals surface area contributed by atoms with Crippen LogP contribution < -0.4 is 4.74 Å². The van der Waals surface area contributed by atoms with Crippen LogP contribution in [-0.2, 0) is 5.41 Å². The monoisotopic (exact) mass is 373 g/mol. The number of hydrogen-bond donors (Lipinski definition) is 1. The zero-order chi connectivity index (χ0) is 18.1. The molecule has 2 fully saturated rings. The lowest BCUT2D eigenvalue weighted by atomic mass is 9.82. The first-order chi connectivity index (χ1) is 12.5. The van der Waals surface area contributed by atoms with Gasteiger partial charge in [-0.2, -0.15) is 4.37 Å². The average Bonchev–Trinajstić information content (AvgIpc) is 3.21. The summed E-state index contributed by atoms with van der Waals surface area (Å²) in [6.07, 6.45) is 2.81. The molecule has 2 aliphatic rings. The number of fused-ring (bicyclic) bond motifs is 2. The highest BCUT2D eigenvalue weighted by molar-refractivity contribution is 6.99. The van der Waals surface area contributed by atoms with E-state index in [0.29, 0.717) is 18.4 Å². The maximum absolute atomic E-state index is 10.1. The van der Waals surface area contributed by atoms with Crippen molar-refractivity contribution in [1.82, 2.24) is 13.6 Å². The van der Waals surface area contributed by atoms with Gasteiger partial charge in [-0.25, -0.2) is 0 Å². The Balaban J connectivity index is 1.39. The Bertz CT molecular complexity index is 732. The number of aliphatic hydroxyl groups is 1. The molecule has 2 aromatic rings. The molecular formula is C20H27N3O2S. The molecule has 5 nitrogen and oxygen atoms in total. The summed E-state index contributed by atoms with van der Waals surface area (Å²) in [6.45, 7) is 6.83. The van der Waals surface area contributed by atoms with Crippen LogP contribution in [0.25, 0.3) is 0 Å². The van der Waals surface area contributed by atoms with Crippen LogP contribution in [0.3, 0.4) is 0 Å². The zero-order valence-corrected chi connectivity index (χ0v) is 16.3. The van der Waals surface area contributed by atoms with Crippen LogP contribution in [0, 0.1) is 5.92 Å². The third-order valence-corrected chi connectivity index (χ3v) is 6.53. The van der Waals surface area contributed by atoms with E-state index in [1.165, 1.54) is 17.3 Å². The van der Waals surface area contributed by atoms with Crippen LogP contribution in [0.15, 0.2) is 30.3 Å². The van der Waals surface area contributed by atoms with E-state index in [1.807, 2.05) is 6.07 Å². The highest BCUT2D eigenvalue weighted by Gasteiger charge is 2.42. The lowest BCUT2D eigenvalue weighted by molar-refractivity contribution is 0.144. The second kappa shape index (κ2) is 7.25. The second-order valence-electron chi connectivity index (χ2n) is 8.18. The summed E-state index contributed by atoms with van der Waals surface area (Å²) in [6, 6.07) is 10.8. The highest BCUT2D eigenvalue weighted by Crippen LogP contribution is 2.41. The molecule has 26 heavy (non-hydrogen) atoms. The van der Waals surface area contributed by atoms with Gasteiger partial charge >= 0.3 is 0 Å². The summed E-state index contributed by atoms with van der Waals surface area (Å²) in [7, 11) is 0. The molecule has 140 valence electrons. The Labute approximate surface area is 159 Å². The van der Waals surface area contributed by atoms with Gasteiger partial charge in [0.1, 0.15) is 5.69 Å². The molecule has 2 bridgehead atoms. The molecule has 4 unspecified atom stereocenters. The SMILES string of the molecule is CC(C)(CCOc1nsnc1C1CCC2CN1CC2O)c1ccccc1. The predicted octanol–water partition coefficient (Wildman–Crippen LogP) is 3.41. The number of aromatic nitrogens is 2. The molecule has 3 heterocycles. The Morgan fingerprint density at radius 1 is 1.19 bits per heavy atom. The molecular weight excluding hydrogens is 346 g/mol. The molecule has 4 rings (SSSR count). The van der Waals surface area contributed by atoms with Crippen LogP contribution in [0.1, 0.15) is 50.4 Å². The molecule has 0 spiro atoms. The number of aliphatic hydroxyl groups excluding tert-OH is 1. The number of rotatable bonds is 6. The van der Waals surface area contributed by atoms with Gasteiger partial charge in [-0.15, -0.1) is 4.37 Å². The van der Waals surface area contributed by atoms with Gasteiger partial charge in [0.15, 0.2) is 0 Å². The Morgan fingerprint density at radius 3 is 2.81 bits per heavy atom. The van der Waals surface area contributed by atoms with Gasteiger partial charge in [0.05, 0.1) is 30.5 Å². The van der Waals surface area contributed by atoms with Crippen LogP contribution in [0.4, 0.5) is 0 Å². The van der Waals surface area contributed by atoms with Crippen LogP contribution in [0.2, 0.25) is 0 Å². The molecule has 2 aliphatic heterocycles. The fourth-order valence-electron chi connectivity index (χ4n) is 4.22.